The van der Waals surface area contributed by atoms with E-state index in [9.17, 15) is 0 Å². The van der Waals surface area contributed by atoms with Crippen LogP contribution < -0.4 is 0 Å². The molecule has 0 heterocycles. The molecule has 2 heteroatoms. The molecular formula is C18H23NO. The maximum absolute atomic E-state index is 8.82. The lowest BCUT2D eigenvalue weighted by Crippen LogP contribution is -2.20. The van der Waals surface area contributed by atoms with Gasteiger partial charge >= 0.3 is 0 Å². The highest BCUT2D eigenvalue weighted by Gasteiger charge is 2.22. The summed E-state index contributed by atoms with van der Waals surface area (Å²) in [6.45, 7) is 2.89. The minimum atomic E-state index is 0.422. The van der Waals surface area contributed by atoms with E-state index >= 15 is 0 Å². The second-order valence-electron chi connectivity index (χ2n) is 5.42. The lowest BCUT2D eigenvalue weighted by Gasteiger charge is -2.28. The van der Waals surface area contributed by atoms with Gasteiger partial charge in [0.15, 0.2) is 0 Å². The molecule has 0 bridgehead atoms. The zero-order valence-electron chi connectivity index (χ0n) is 12.2. The Kier molecular flexibility index (Phi) is 5.83. The van der Waals surface area contributed by atoms with Gasteiger partial charge in [0.2, 0.25) is 0 Å². The highest BCUT2D eigenvalue weighted by Crippen LogP contribution is 2.34. The second kappa shape index (κ2) is 7.87. The van der Waals surface area contributed by atoms with E-state index in [2.05, 4.69) is 37.3 Å². The smallest absolute Gasteiger partial charge is 0.0991 e. The zero-order valence-corrected chi connectivity index (χ0v) is 12.2. The largest absolute Gasteiger partial charge is 0.374 e. The monoisotopic (exact) mass is 269 g/mol. The van der Waals surface area contributed by atoms with E-state index in [1.54, 1.807) is 0 Å². The summed E-state index contributed by atoms with van der Waals surface area (Å²) < 4.78 is 5.88. The van der Waals surface area contributed by atoms with Crippen molar-refractivity contribution in [2.45, 2.75) is 51.0 Å². The second-order valence-corrected chi connectivity index (χ2v) is 5.42. The molecule has 2 rings (SSSR count). The normalized spacial score (nSPS) is 22.8. The van der Waals surface area contributed by atoms with Crippen LogP contribution in [0.2, 0.25) is 0 Å². The molecule has 0 aliphatic heterocycles. The molecule has 0 spiro atoms. The van der Waals surface area contributed by atoms with Crippen LogP contribution in [0.15, 0.2) is 36.4 Å². The van der Waals surface area contributed by atoms with Gasteiger partial charge in [-0.15, -0.1) is 0 Å². The van der Waals surface area contributed by atoms with Crippen molar-refractivity contribution < 1.29 is 4.74 Å². The van der Waals surface area contributed by atoms with Crippen LogP contribution in [0.5, 0.6) is 0 Å². The summed E-state index contributed by atoms with van der Waals surface area (Å²) in [5.41, 5.74) is 2.11. The molecular weight excluding hydrogens is 246 g/mol. The predicted octanol–water partition coefficient (Wildman–Crippen LogP) is 4.57. The lowest BCUT2D eigenvalue weighted by atomic mass is 9.82. The number of hydrogen-bond donors (Lipinski definition) is 0. The first kappa shape index (κ1) is 14.8. The van der Waals surface area contributed by atoms with Crippen molar-refractivity contribution in [3.63, 3.8) is 0 Å². The van der Waals surface area contributed by atoms with E-state index < -0.39 is 0 Å². The summed E-state index contributed by atoms with van der Waals surface area (Å²) in [5, 5.41) is 8.82. The minimum Gasteiger partial charge on any atom is -0.374 e. The molecule has 1 aromatic rings. The fourth-order valence-corrected chi connectivity index (χ4v) is 2.82. The van der Waals surface area contributed by atoms with Gasteiger partial charge in [-0.3, -0.25) is 0 Å². The van der Waals surface area contributed by atoms with E-state index in [1.165, 1.54) is 18.4 Å². The average molecular weight is 269 g/mol. The van der Waals surface area contributed by atoms with Gasteiger partial charge in [0.25, 0.3) is 0 Å². The molecule has 0 unspecified atom stereocenters. The van der Waals surface area contributed by atoms with Crippen LogP contribution in [-0.4, -0.2) is 12.7 Å². The number of rotatable bonds is 5. The van der Waals surface area contributed by atoms with Crippen LogP contribution in [0, 0.1) is 11.3 Å². The van der Waals surface area contributed by atoms with Crippen LogP contribution in [0.4, 0.5) is 0 Å². The van der Waals surface area contributed by atoms with Crippen LogP contribution in [0.1, 0.15) is 56.1 Å². The molecule has 0 N–H and O–H groups in total. The summed E-state index contributed by atoms with van der Waals surface area (Å²) >= 11 is 0. The lowest BCUT2D eigenvalue weighted by molar-refractivity contribution is 0.0422. The predicted molar refractivity (Wildman–Crippen MR) is 81.5 cm³/mol. The van der Waals surface area contributed by atoms with Crippen molar-refractivity contribution >= 4 is 0 Å². The van der Waals surface area contributed by atoms with Gasteiger partial charge < -0.3 is 4.74 Å². The molecule has 1 aliphatic carbocycles. The highest BCUT2D eigenvalue weighted by atomic mass is 16.5. The molecule has 0 radical (unpaired) electrons. The SMILES string of the molecule is CC/C=C/COC1CCC(c2ccc(C#N)cc2)CC1. The van der Waals surface area contributed by atoms with Crippen LogP contribution in [-0.2, 0) is 4.74 Å². The van der Waals surface area contributed by atoms with Gasteiger partial charge in [-0.05, 0) is 55.7 Å². The molecule has 106 valence electrons. The number of allylic oxidation sites excluding steroid dienone is 1. The Labute approximate surface area is 122 Å². The van der Waals surface area contributed by atoms with Gasteiger partial charge in [-0.2, -0.15) is 5.26 Å². The van der Waals surface area contributed by atoms with Crippen molar-refractivity contribution in [2.75, 3.05) is 6.61 Å². The summed E-state index contributed by atoms with van der Waals surface area (Å²) in [5.74, 6) is 0.633. The summed E-state index contributed by atoms with van der Waals surface area (Å²) in [6, 6.07) is 10.2. The third kappa shape index (κ3) is 4.21. The van der Waals surface area contributed by atoms with Crippen LogP contribution in [0.3, 0.4) is 0 Å². The number of nitriles is 1. The van der Waals surface area contributed by atoms with Gasteiger partial charge in [-0.1, -0.05) is 31.2 Å². The Morgan fingerprint density at radius 1 is 1.15 bits per heavy atom. The van der Waals surface area contributed by atoms with E-state index in [4.69, 9.17) is 10.00 Å². The highest BCUT2D eigenvalue weighted by molar-refractivity contribution is 5.33. The Balaban J connectivity index is 1.78. The fourth-order valence-electron chi connectivity index (χ4n) is 2.82. The fraction of sp³-hybridized carbons (Fsp3) is 0.500. The van der Waals surface area contributed by atoms with Gasteiger partial charge in [-0.25, -0.2) is 0 Å². The molecule has 1 aliphatic rings. The molecule has 1 aromatic carbocycles. The Morgan fingerprint density at radius 3 is 2.45 bits per heavy atom. The van der Waals surface area contributed by atoms with Crippen molar-refractivity contribution in [1.82, 2.24) is 0 Å². The first-order chi connectivity index (χ1) is 9.83. The molecule has 0 saturated heterocycles. The standard InChI is InChI=1S/C18H23NO/c1-2-3-4-13-20-18-11-9-17(10-12-18)16-7-5-15(14-19)6-8-16/h3-8,17-18H,2,9-13H2,1H3/b4-3+. The topological polar surface area (TPSA) is 33.0 Å². The molecule has 20 heavy (non-hydrogen) atoms. The summed E-state index contributed by atoms with van der Waals surface area (Å²) in [7, 11) is 0. The van der Waals surface area contributed by atoms with Crippen molar-refractivity contribution in [2.24, 2.45) is 0 Å². The number of benzene rings is 1. The molecule has 0 aromatic heterocycles. The van der Waals surface area contributed by atoms with E-state index in [-0.39, 0.29) is 0 Å². The molecule has 0 atom stereocenters. The molecule has 0 amide bonds. The van der Waals surface area contributed by atoms with Gasteiger partial charge in [0, 0.05) is 0 Å². The average Bonchev–Trinajstić information content (AvgIpc) is 2.52. The molecule has 1 saturated carbocycles. The van der Waals surface area contributed by atoms with E-state index in [1.807, 2.05) is 12.1 Å². The maximum Gasteiger partial charge on any atom is 0.0991 e. The Morgan fingerprint density at radius 2 is 1.85 bits per heavy atom. The zero-order chi connectivity index (χ0) is 14.2. The molecule has 2 nitrogen and oxygen atoms in total. The first-order valence-electron chi connectivity index (χ1n) is 7.60. The summed E-state index contributed by atoms with van der Waals surface area (Å²) in [4.78, 5) is 0. The molecule has 1 fully saturated rings. The van der Waals surface area contributed by atoms with Gasteiger partial charge in [0.1, 0.15) is 0 Å². The van der Waals surface area contributed by atoms with Crippen molar-refractivity contribution in [3.05, 3.63) is 47.5 Å². The van der Waals surface area contributed by atoms with Crippen molar-refractivity contribution in [3.8, 4) is 6.07 Å². The van der Waals surface area contributed by atoms with E-state index in [0.717, 1.165) is 31.4 Å². The van der Waals surface area contributed by atoms with Crippen LogP contribution >= 0.6 is 0 Å². The van der Waals surface area contributed by atoms with E-state index in [0.29, 0.717) is 12.0 Å². The van der Waals surface area contributed by atoms with Crippen molar-refractivity contribution in [1.29, 1.82) is 5.26 Å². The van der Waals surface area contributed by atoms with Crippen LogP contribution in [0.25, 0.3) is 0 Å². The number of hydrogen-bond acceptors (Lipinski definition) is 2. The Hall–Kier alpha value is -1.59. The minimum absolute atomic E-state index is 0.422. The maximum atomic E-state index is 8.82. The van der Waals surface area contributed by atoms with Gasteiger partial charge in [0.05, 0.1) is 24.3 Å². The third-order valence-electron chi connectivity index (χ3n) is 4.02. The number of ether oxygens (including phenoxy) is 1. The summed E-state index contributed by atoms with van der Waals surface area (Å²) in [6.07, 6.45) is 10.4. The Bertz CT molecular complexity index is 461. The quantitative estimate of drug-likeness (QED) is 0.734. The number of nitrogens with zero attached hydrogens (tertiary/aromatic N) is 1. The third-order valence-corrected chi connectivity index (χ3v) is 4.02. The first-order valence-corrected chi connectivity index (χ1v) is 7.60.